The van der Waals surface area contributed by atoms with Crippen LogP contribution >= 0.6 is 11.8 Å². The summed E-state index contributed by atoms with van der Waals surface area (Å²) in [6.07, 6.45) is 3.85. The Kier molecular flexibility index (Phi) is 5.96. The second-order valence-electron chi connectivity index (χ2n) is 6.21. The number of hydrogen-bond donors (Lipinski definition) is 1. The maximum Gasteiger partial charge on any atom is 0.234 e. The number of carbonyl (C=O) groups excluding carboxylic acids is 1. The van der Waals surface area contributed by atoms with Crippen LogP contribution < -0.4 is 10.2 Å². The summed E-state index contributed by atoms with van der Waals surface area (Å²) in [5.74, 6) is 1.17. The molecule has 0 unspecified atom stereocenters. The van der Waals surface area contributed by atoms with Crippen LogP contribution in [0.5, 0.6) is 0 Å². The number of carbonyl (C=O) groups is 1. The lowest BCUT2D eigenvalue weighted by molar-refractivity contribution is -0.113. The van der Waals surface area contributed by atoms with Gasteiger partial charge in [0.1, 0.15) is 5.82 Å². The highest BCUT2D eigenvalue weighted by atomic mass is 32.2. The summed E-state index contributed by atoms with van der Waals surface area (Å²) in [5.41, 5.74) is 2.07. The Morgan fingerprint density at radius 2 is 1.88 bits per heavy atom. The molecule has 1 saturated heterocycles. The van der Waals surface area contributed by atoms with Gasteiger partial charge in [-0.05, 0) is 57.4 Å². The van der Waals surface area contributed by atoms with E-state index in [-0.39, 0.29) is 5.91 Å². The first-order chi connectivity index (χ1) is 12.2. The highest BCUT2D eigenvalue weighted by molar-refractivity contribution is 7.99. The van der Waals surface area contributed by atoms with Gasteiger partial charge in [0.05, 0.1) is 5.75 Å². The van der Waals surface area contributed by atoms with Crippen molar-refractivity contribution in [1.82, 2.24) is 14.8 Å². The topological polar surface area (TPSA) is 63.1 Å². The fraction of sp³-hybridized carbons (Fsp3) is 0.500. The van der Waals surface area contributed by atoms with Crippen molar-refractivity contribution in [1.29, 1.82) is 0 Å². The average Bonchev–Trinajstić information content (AvgIpc) is 3.01. The molecule has 0 spiro atoms. The molecular formula is C18H25N5OS. The van der Waals surface area contributed by atoms with Gasteiger partial charge in [-0.15, -0.1) is 10.2 Å². The maximum atomic E-state index is 12.2. The molecule has 0 aliphatic carbocycles. The third-order valence-electron chi connectivity index (χ3n) is 4.42. The van der Waals surface area contributed by atoms with Crippen molar-refractivity contribution in [2.75, 3.05) is 29.1 Å². The number of benzene rings is 1. The van der Waals surface area contributed by atoms with Gasteiger partial charge < -0.3 is 14.8 Å². The normalized spacial score (nSPS) is 14.6. The summed E-state index contributed by atoms with van der Waals surface area (Å²) in [6, 6.07) is 8.13. The number of piperidine rings is 1. The van der Waals surface area contributed by atoms with Gasteiger partial charge in [0.25, 0.3) is 0 Å². The number of anilines is 2. The van der Waals surface area contributed by atoms with Crippen LogP contribution in [0.25, 0.3) is 0 Å². The van der Waals surface area contributed by atoms with E-state index in [1.165, 1.54) is 36.7 Å². The number of thioether (sulfide) groups is 1. The summed E-state index contributed by atoms with van der Waals surface area (Å²) in [7, 11) is 0. The van der Waals surface area contributed by atoms with Gasteiger partial charge in [-0.25, -0.2) is 0 Å². The Bertz CT molecular complexity index is 707. The van der Waals surface area contributed by atoms with Crippen molar-refractivity contribution < 1.29 is 4.79 Å². The third kappa shape index (κ3) is 4.54. The zero-order chi connectivity index (χ0) is 17.6. The SMILES string of the molecule is CCn1c(C)nnc1SCC(=O)Nc1ccc(N2CCCCC2)cc1. The first-order valence-corrected chi connectivity index (χ1v) is 9.83. The van der Waals surface area contributed by atoms with Gasteiger partial charge >= 0.3 is 0 Å². The molecule has 0 saturated carbocycles. The first kappa shape index (κ1) is 17.8. The van der Waals surface area contributed by atoms with E-state index in [2.05, 4.69) is 32.5 Å². The van der Waals surface area contributed by atoms with E-state index in [9.17, 15) is 4.79 Å². The number of nitrogens with one attached hydrogen (secondary N) is 1. The molecule has 7 heteroatoms. The van der Waals surface area contributed by atoms with E-state index in [0.717, 1.165) is 36.3 Å². The van der Waals surface area contributed by atoms with Crippen molar-refractivity contribution in [2.24, 2.45) is 0 Å². The number of aromatic nitrogens is 3. The average molecular weight is 359 g/mol. The number of rotatable bonds is 6. The summed E-state index contributed by atoms with van der Waals surface area (Å²) in [6.45, 7) is 7.02. The van der Waals surface area contributed by atoms with Crippen molar-refractivity contribution in [3.63, 3.8) is 0 Å². The van der Waals surface area contributed by atoms with Crippen LogP contribution in [0, 0.1) is 6.92 Å². The molecule has 1 aromatic carbocycles. The van der Waals surface area contributed by atoms with Gasteiger partial charge in [0, 0.05) is 31.0 Å². The molecule has 2 aromatic rings. The first-order valence-electron chi connectivity index (χ1n) is 8.85. The molecule has 1 aromatic heterocycles. The Morgan fingerprint density at radius 1 is 1.16 bits per heavy atom. The van der Waals surface area contributed by atoms with E-state index >= 15 is 0 Å². The molecule has 3 rings (SSSR count). The Hall–Kier alpha value is -2.02. The van der Waals surface area contributed by atoms with Crippen LogP contribution in [0.1, 0.15) is 32.0 Å². The molecule has 0 radical (unpaired) electrons. The molecular weight excluding hydrogens is 334 g/mol. The van der Waals surface area contributed by atoms with Gasteiger partial charge in [0.2, 0.25) is 5.91 Å². The molecule has 1 N–H and O–H groups in total. The Morgan fingerprint density at radius 3 is 2.56 bits per heavy atom. The van der Waals surface area contributed by atoms with Crippen LogP contribution in [0.3, 0.4) is 0 Å². The van der Waals surface area contributed by atoms with Crippen molar-refractivity contribution in [3.8, 4) is 0 Å². The smallest absolute Gasteiger partial charge is 0.234 e. The third-order valence-corrected chi connectivity index (χ3v) is 5.39. The van der Waals surface area contributed by atoms with Gasteiger partial charge in [-0.2, -0.15) is 0 Å². The minimum Gasteiger partial charge on any atom is -0.372 e. The standard InChI is InChI=1S/C18H25N5OS/c1-3-23-14(2)20-21-18(23)25-13-17(24)19-15-7-9-16(10-8-15)22-11-5-4-6-12-22/h7-10H,3-6,11-13H2,1-2H3,(H,19,24). The quantitative estimate of drug-likeness (QED) is 0.802. The van der Waals surface area contributed by atoms with Gasteiger partial charge in [-0.1, -0.05) is 11.8 Å². The molecule has 1 aliphatic rings. The minimum atomic E-state index is -0.0287. The lowest BCUT2D eigenvalue weighted by Gasteiger charge is -2.28. The highest BCUT2D eigenvalue weighted by Gasteiger charge is 2.12. The van der Waals surface area contributed by atoms with Crippen LogP contribution in [0.15, 0.2) is 29.4 Å². The zero-order valence-electron chi connectivity index (χ0n) is 14.9. The highest BCUT2D eigenvalue weighted by Crippen LogP contribution is 2.22. The molecule has 6 nitrogen and oxygen atoms in total. The fourth-order valence-electron chi connectivity index (χ4n) is 3.07. The van der Waals surface area contributed by atoms with E-state index < -0.39 is 0 Å². The van der Waals surface area contributed by atoms with Crippen LogP contribution in [0.4, 0.5) is 11.4 Å². The Balaban J connectivity index is 1.52. The summed E-state index contributed by atoms with van der Waals surface area (Å²) >= 11 is 1.41. The van der Waals surface area contributed by atoms with Crippen molar-refractivity contribution >= 4 is 29.0 Å². The summed E-state index contributed by atoms with van der Waals surface area (Å²) in [5, 5.41) is 11.9. The van der Waals surface area contributed by atoms with Crippen molar-refractivity contribution in [2.45, 2.75) is 44.8 Å². The summed E-state index contributed by atoms with van der Waals surface area (Å²) in [4.78, 5) is 14.6. The zero-order valence-corrected chi connectivity index (χ0v) is 15.7. The van der Waals surface area contributed by atoms with E-state index in [1.807, 2.05) is 30.5 Å². The van der Waals surface area contributed by atoms with E-state index in [1.54, 1.807) is 0 Å². The second kappa shape index (κ2) is 8.38. The second-order valence-corrected chi connectivity index (χ2v) is 7.15. The molecule has 2 heterocycles. The van der Waals surface area contributed by atoms with Crippen LogP contribution in [-0.2, 0) is 11.3 Å². The van der Waals surface area contributed by atoms with Crippen molar-refractivity contribution in [3.05, 3.63) is 30.1 Å². The Labute approximate surface area is 153 Å². The molecule has 134 valence electrons. The molecule has 0 atom stereocenters. The number of aryl methyl sites for hydroxylation is 1. The van der Waals surface area contributed by atoms with E-state index in [4.69, 9.17) is 0 Å². The molecule has 1 fully saturated rings. The maximum absolute atomic E-state index is 12.2. The summed E-state index contributed by atoms with van der Waals surface area (Å²) < 4.78 is 2.01. The number of nitrogens with zero attached hydrogens (tertiary/aromatic N) is 4. The monoisotopic (exact) mass is 359 g/mol. The van der Waals surface area contributed by atoms with Crippen LogP contribution in [-0.4, -0.2) is 39.5 Å². The van der Waals surface area contributed by atoms with Gasteiger partial charge in [-0.3, -0.25) is 4.79 Å². The molecule has 1 aliphatic heterocycles. The van der Waals surface area contributed by atoms with Crippen LogP contribution in [0.2, 0.25) is 0 Å². The largest absolute Gasteiger partial charge is 0.372 e. The molecule has 0 bridgehead atoms. The molecule has 1 amide bonds. The fourth-order valence-corrected chi connectivity index (χ4v) is 3.92. The minimum absolute atomic E-state index is 0.0287. The lowest BCUT2D eigenvalue weighted by Crippen LogP contribution is -2.29. The number of hydrogen-bond acceptors (Lipinski definition) is 5. The number of amides is 1. The molecule has 25 heavy (non-hydrogen) atoms. The van der Waals surface area contributed by atoms with Gasteiger partial charge in [0.15, 0.2) is 5.16 Å². The predicted molar refractivity (Wildman–Crippen MR) is 102 cm³/mol. The van der Waals surface area contributed by atoms with E-state index in [0.29, 0.717) is 5.75 Å². The lowest BCUT2D eigenvalue weighted by atomic mass is 10.1. The predicted octanol–water partition coefficient (Wildman–Crippen LogP) is 3.33.